The maximum Gasteiger partial charge on any atom is 0.0468 e. The van der Waals surface area contributed by atoms with E-state index in [1.54, 1.807) is 0 Å². The quantitative estimate of drug-likeness (QED) is 0.270. The normalized spacial score (nSPS) is 32.6. The average molecular weight is 733 g/mol. The molecular weight excluding hydrogens is 661 g/mol. The third-order valence-electron chi connectivity index (χ3n) is 14.2. The first-order valence-corrected chi connectivity index (χ1v) is 21.7. The van der Waals surface area contributed by atoms with Crippen molar-refractivity contribution in [1.29, 1.82) is 0 Å². The summed E-state index contributed by atoms with van der Waals surface area (Å²) in [6, 6.07) is 23.0. The molecule has 0 amide bonds. The predicted molar refractivity (Wildman–Crippen MR) is 227 cm³/mol. The van der Waals surface area contributed by atoms with Crippen LogP contribution in [0.3, 0.4) is 0 Å². The van der Waals surface area contributed by atoms with E-state index >= 15 is 0 Å². The van der Waals surface area contributed by atoms with Gasteiger partial charge in [-0.3, -0.25) is 29.4 Å². The van der Waals surface area contributed by atoms with Crippen molar-refractivity contribution in [3.63, 3.8) is 0 Å². The summed E-state index contributed by atoms with van der Waals surface area (Å²) in [6.45, 7) is 5.05. The van der Waals surface area contributed by atoms with Crippen molar-refractivity contribution < 1.29 is 0 Å². The first-order chi connectivity index (χ1) is 26.2. The second-order valence-corrected chi connectivity index (χ2v) is 18.1. The van der Waals surface area contributed by atoms with E-state index in [2.05, 4.69) is 151 Å². The Morgan fingerprint density at radius 2 is 0.704 bits per heavy atom. The van der Waals surface area contributed by atoms with Crippen molar-refractivity contribution in [1.82, 2.24) is 29.4 Å². The Hall–Kier alpha value is -2.58. The molecular formula is C48H72N6. The highest BCUT2D eigenvalue weighted by Gasteiger charge is 2.35. The molecule has 3 fully saturated rings. The van der Waals surface area contributed by atoms with Gasteiger partial charge in [-0.15, -0.1) is 0 Å². The number of allylic oxidation sites excluding steroid dienone is 2. The summed E-state index contributed by atoms with van der Waals surface area (Å²) in [5.74, 6) is 0. The van der Waals surface area contributed by atoms with Crippen LogP contribution in [0.5, 0.6) is 0 Å². The second-order valence-electron chi connectivity index (χ2n) is 18.1. The fourth-order valence-corrected chi connectivity index (χ4v) is 11.1. The van der Waals surface area contributed by atoms with Gasteiger partial charge in [0.05, 0.1) is 0 Å². The summed E-state index contributed by atoms with van der Waals surface area (Å²) >= 11 is 0. The fraction of sp³-hybridized carbons (Fsp3) is 0.625. The molecule has 294 valence electrons. The molecule has 6 bridgehead atoms. The van der Waals surface area contributed by atoms with E-state index in [0.717, 1.165) is 32.7 Å². The highest BCUT2D eigenvalue weighted by Crippen LogP contribution is 2.32. The monoisotopic (exact) mass is 733 g/mol. The summed E-state index contributed by atoms with van der Waals surface area (Å²) in [6.07, 6.45) is 27.8. The molecule has 2 aromatic rings. The Morgan fingerprint density at radius 3 is 1.07 bits per heavy atom. The lowest BCUT2D eigenvalue weighted by molar-refractivity contribution is 0.0677. The van der Waals surface area contributed by atoms with Crippen molar-refractivity contribution >= 4 is 0 Å². The zero-order valence-electron chi connectivity index (χ0n) is 34.8. The van der Waals surface area contributed by atoms with Crippen LogP contribution in [0.15, 0.2) is 84.5 Å². The van der Waals surface area contributed by atoms with Gasteiger partial charge >= 0.3 is 0 Å². The van der Waals surface area contributed by atoms with Crippen molar-refractivity contribution in [2.75, 3.05) is 48.8 Å². The molecule has 0 spiro atoms. The summed E-state index contributed by atoms with van der Waals surface area (Å²) < 4.78 is 0. The Balaban J connectivity index is 1.13. The zero-order valence-corrected chi connectivity index (χ0v) is 34.8. The zero-order chi connectivity index (χ0) is 37.6. The van der Waals surface area contributed by atoms with Crippen LogP contribution < -0.4 is 0 Å². The van der Waals surface area contributed by atoms with Crippen molar-refractivity contribution in [3.05, 3.63) is 107 Å². The molecule has 7 atom stereocenters. The Morgan fingerprint density at radius 1 is 0.389 bits per heavy atom. The maximum absolute atomic E-state index is 2.68. The van der Waals surface area contributed by atoms with E-state index in [0.29, 0.717) is 42.3 Å². The minimum absolute atomic E-state index is 0.318. The lowest BCUT2D eigenvalue weighted by atomic mass is 9.87. The lowest BCUT2D eigenvalue weighted by Crippen LogP contribution is -2.53. The fourth-order valence-electron chi connectivity index (χ4n) is 11.1. The van der Waals surface area contributed by atoms with Crippen molar-refractivity contribution in [3.8, 4) is 0 Å². The summed E-state index contributed by atoms with van der Waals surface area (Å²) in [5, 5.41) is 0. The van der Waals surface area contributed by atoms with Crippen molar-refractivity contribution in [2.45, 2.75) is 146 Å². The Labute approximate surface area is 329 Å². The molecule has 9 rings (SSSR count). The van der Waals surface area contributed by atoms with Crippen LogP contribution in [0.4, 0.5) is 0 Å². The number of benzene rings is 2. The second kappa shape index (κ2) is 18.6. The van der Waals surface area contributed by atoms with Gasteiger partial charge in [0.25, 0.3) is 0 Å². The first-order valence-electron chi connectivity index (χ1n) is 21.7. The minimum atomic E-state index is 0.318. The van der Waals surface area contributed by atoms with Gasteiger partial charge in [-0.05, 0) is 109 Å². The third-order valence-corrected chi connectivity index (χ3v) is 14.2. The highest BCUT2D eigenvalue weighted by molar-refractivity contribution is 5.32. The lowest BCUT2D eigenvalue weighted by Gasteiger charge is -2.44. The van der Waals surface area contributed by atoms with Crippen LogP contribution in [-0.4, -0.2) is 121 Å². The summed E-state index contributed by atoms with van der Waals surface area (Å²) in [4.78, 5) is 16.0. The van der Waals surface area contributed by atoms with Crippen LogP contribution in [0.25, 0.3) is 0 Å². The van der Waals surface area contributed by atoms with Crippen LogP contribution in [0.2, 0.25) is 0 Å². The van der Waals surface area contributed by atoms with Gasteiger partial charge in [0.2, 0.25) is 0 Å². The van der Waals surface area contributed by atoms with Gasteiger partial charge < -0.3 is 0 Å². The Kier molecular flexibility index (Phi) is 13.6. The highest BCUT2D eigenvalue weighted by atomic mass is 15.2. The molecule has 3 aliphatic heterocycles. The maximum atomic E-state index is 2.68. The first kappa shape index (κ1) is 39.6. The van der Waals surface area contributed by atoms with E-state index in [1.807, 2.05) is 0 Å². The van der Waals surface area contributed by atoms with E-state index < -0.39 is 0 Å². The number of likely N-dealkylation sites (N-methyl/N-ethyl adjacent to an activating group) is 6. The molecule has 0 N–H and O–H groups in total. The third kappa shape index (κ3) is 9.68. The molecule has 0 saturated heterocycles. The standard InChI is InChI=1S/C48H72N6/c1-49-32-37-14-13-15-42(31-30-37)54(6)48-21-12-11-20-47(48)53(5)36-41-28-26-40(27-29-41)35-52(4)46-19-10-9-18-45(46)51(3)34-39-24-22-38(23-25-39)33-50(2)44-17-8-7-16-43(44)49/h13-15,22-31,42-48H,7-12,16-21,32-36H2,1-6H3/t42?,43-,44-,45-,46-,47-,48-/m1/s1. The van der Waals surface area contributed by atoms with Gasteiger partial charge in [0.1, 0.15) is 0 Å². The number of nitrogens with zero attached hydrogens (tertiary/aromatic N) is 6. The van der Waals surface area contributed by atoms with Crippen LogP contribution in [0, 0.1) is 0 Å². The van der Waals surface area contributed by atoms with E-state index in [-0.39, 0.29) is 0 Å². The van der Waals surface area contributed by atoms with Crippen LogP contribution in [-0.2, 0) is 26.2 Å². The minimum Gasteiger partial charge on any atom is -0.298 e. The number of fused-ring (bicyclic) bond motifs is 2. The summed E-state index contributed by atoms with van der Waals surface area (Å²) in [7, 11) is 14.2. The molecule has 1 unspecified atom stereocenters. The SMILES string of the molecule is CN1CC2=CC=CC(C=C2)N(C)[C@@H]2CCCC[C@H]2N(C)Cc2ccc(cc2)CN(C)[C@@H]2CCCC[C@H]2N(C)Cc2ccc(cc2)CN(C)[C@@H]2CCCC[C@H]21. The molecule has 4 aliphatic carbocycles. The van der Waals surface area contributed by atoms with Gasteiger partial charge in [-0.25, -0.2) is 0 Å². The van der Waals surface area contributed by atoms with Crippen LogP contribution >= 0.6 is 0 Å². The molecule has 6 nitrogen and oxygen atoms in total. The van der Waals surface area contributed by atoms with Gasteiger partial charge in [0.15, 0.2) is 0 Å². The van der Waals surface area contributed by atoms with Gasteiger partial charge in [0, 0.05) is 75.0 Å². The molecule has 54 heavy (non-hydrogen) atoms. The molecule has 0 radical (unpaired) electrons. The van der Waals surface area contributed by atoms with E-state index in [1.165, 1.54) is 105 Å². The number of rotatable bonds is 0. The largest absolute Gasteiger partial charge is 0.298 e. The molecule has 3 heterocycles. The predicted octanol–water partition coefficient (Wildman–Crippen LogP) is 8.35. The molecule has 0 aromatic heterocycles. The van der Waals surface area contributed by atoms with Crippen LogP contribution in [0.1, 0.15) is 99.3 Å². The molecule has 7 aliphatic rings. The average Bonchev–Trinajstić information content (AvgIpc) is 3.44. The molecule has 3 saturated carbocycles. The molecule has 6 heteroatoms. The van der Waals surface area contributed by atoms with Crippen molar-refractivity contribution in [2.24, 2.45) is 0 Å². The topological polar surface area (TPSA) is 19.4 Å². The van der Waals surface area contributed by atoms with Gasteiger partial charge in [-0.1, -0.05) is 117 Å². The van der Waals surface area contributed by atoms with Gasteiger partial charge in [-0.2, -0.15) is 0 Å². The molecule has 2 aromatic carbocycles. The number of hydrogen-bond donors (Lipinski definition) is 0. The Bertz CT molecular complexity index is 1560. The van der Waals surface area contributed by atoms with E-state index in [4.69, 9.17) is 0 Å². The van der Waals surface area contributed by atoms with E-state index in [9.17, 15) is 0 Å². The number of hydrogen-bond acceptors (Lipinski definition) is 6. The smallest absolute Gasteiger partial charge is 0.0468 e. The summed E-state index contributed by atoms with van der Waals surface area (Å²) in [5.41, 5.74) is 7.15.